The first-order valence-corrected chi connectivity index (χ1v) is 9.42. The van der Waals surface area contributed by atoms with Crippen LogP contribution in [0.1, 0.15) is 51.9 Å². The lowest BCUT2D eigenvalue weighted by molar-refractivity contribution is 0.229. The van der Waals surface area contributed by atoms with Gasteiger partial charge in [0.2, 0.25) is 0 Å². The average Bonchev–Trinajstić information content (AvgIpc) is 2.37. The van der Waals surface area contributed by atoms with Crippen molar-refractivity contribution in [2.24, 2.45) is 11.8 Å². The third-order valence-electron chi connectivity index (χ3n) is 3.67. The Morgan fingerprint density at radius 1 is 1.25 bits per heavy atom. The number of thiol groups is 1. The van der Waals surface area contributed by atoms with Crippen LogP contribution in [0.15, 0.2) is 0 Å². The van der Waals surface area contributed by atoms with Crippen molar-refractivity contribution in [3.05, 3.63) is 0 Å². The summed E-state index contributed by atoms with van der Waals surface area (Å²) in [6.45, 7) is 4.60. The highest BCUT2D eigenvalue weighted by atomic mass is 32.3. The Morgan fingerprint density at radius 2 is 1.80 bits per heavy atom. The molecule has 1 aliphatic carbocycles. The maximum Gasteiger partial charge on any atom is 0.394 e. The quantitative estimate of drug-likeness (QED) is 0.328. The fraction of sp³-hybridized carbons (Fsp3) is 1.00. The molecule has 3 N–H and O–H groups in total. The van der Waals surface area contributed by atoms with Crippen molar-refractivity contribution in [2.75, 3.05) is 18.8 Å². The van der Waals surface area contributed by atoms with Crippen molar-refractivity contribution in [1.82, 2.24) is 5.32 Å². The Balaban J connectivity index is 0.000000621. The minimum atomic E-state index is -4.67. The third kappa shape index (κ3) is 13.2. The molecule has 0 spiro atoms. The lowest BCUT2D eigenvalue weighted by Crippen LogP contribution is -2.30. The van der Waals surface area contributed by atoms with E-state index in [1.54, 1.807) is 0 Å². The Hall–Kier alpha value is 0.180. The zero-order valence-corrected chi connectivity index (χ0v) is 14.0. The van der Waals surface area contributed by atoms with Gasteiger partial charge >= 0.3 is 10.4 Å². The highest BCUT2D eigenvalue weighted by Crippen LogP contribution is 2.31. The highest BCUT2D eigenvalue weighted by molar-refractivity contribution is 7.80. The Labute approximate surface area is 128 Å². The normalized spacial score (nSPS) is 18.2. The van der Waals surface area contributed by atoms with Crippen LogP contribution in [-0.2, 0) is 10.4 Å². The summed E-state index contributed by atoms with van der Waals surface area (Å²) in [5.74, 6) is 2.89. The van der Waals surface area contributed by atoms with Gasteiger partial charge in [-0.2, -0.15) is 21.0 Å². The molecule has 20 heavy (non-hydrogen) atoms. The fourth-order valence-electron chi connectivity index (χ4n) is 2.85. The molecular weight excluding hydrogens is 298 g/mol. The number of hydrogen-bond acceptors (Lipinski definition) is 4. The van der Waals surface area contributed by atoms with E-state index in [2.05, 4.69) is 24.9 Å². The molecule has 1 saturated carbocycles. The first-order valence-electron chi connectivity index (χ1n) is 7.40. The molecule has 1 fully saturated rings. The van der Waals surface area contributed by atoms with E-state index in [0.717, 1.165) is 24.1 Å². The second kappa shape index (κ2) is 11.8. The standard InChI is InChI=1S/C13H27NS.H2O4S/c1-2-6-13(11-14-9-10-15)12-7-4-3-5-8-12;1-5(2,3)4/h12-15H,2-11H2,1H3;(H2,1,2,3,4). The SMILES string of the molecule is CCCC(CNCCS)C1CCCCC1.O=S(=O)(O)O. The molecular formula is C13H29NO4S2. The Kier molecular flexibility index (Phi) is 11.9. The molecule has 7 heteroatoms. The Bertz CT molecular complexity index is 308. The van der Waals surface area contributed by atoms with Crippen LogP contribution in [0.3, 0.4) is 0 Å². The molecule has 0 amide bonds. The van der Waals surface area contributed by atoms with Crippen molar-refractivity contribution >= 4 is 23.0 Å². The fourth-order valence-corrected chi connectivity index (χ4v) is 3.01. The van der Waals surface area contributed by atoms with Gasteiger partial charge in [-0.25, -0.2) is 0 Å². The zero-order chi connectivity index (χ0) is 15.4. The van der Waals surface area contributed by atoms with Crippen LogP contribution in [0.2, 0.25) is 0 Å². The van der Waals surface area contributed by atoms with Gasteiger partial charge in [0.25, 0.3) is 0 Å². The van der Waals surface area contributed by atoms with Crippen molar-refractivity contribution in [1.29, 1.82) is 0 Å². The van der Waals surface area contributed by atoms with Crippen LogP contribution < -0.4 is 5.32 Å². The second-order valence-electron chi connectivity index (χ2n) is 5.32. The van der Waals surface area contributed by atoms with Crippen LogP contribution in [-0.4, -0.2) is 36.4 Å². The van der Waals surface area contributed by atoms with Crippen LogP contribution in [0.4, 0.5) is 0 Å². The highest BCUT2D eigenvalue weighted by Gasteiger charge is 2.22. The van der Waals surface area contributed by atoms with Crippen LogP contribution in [0.5, 0.6) is 0 Å². The molecule has 1 atom stereocenters. The van der Waals surface area contributed by atoms with Crippen molar-refractivity contribution in [3.63, 3.8) is 0 Å². The van der Waals surface area contributed by atoms with E-state index in [9.17, 15) is 0 Å². The maximum absolute atomic E-state index is 8.74. The van der Waals surface area contributed by atoms with E-state index in [0.29, 0.717) is 0 Å². The molecule has 5 nitrogen and oxygen atoms in total. The molecule has 1 rings (SSSR count). The van der Waals surface area contributed by atoms with Gasteiger partial charge in [0.15, 0.2) is 0 Å². The molecule has 0 bridgehead atoms. The largest absolute Gasteiger partial charge is 0.394 e. The molecule has 0 saturated heterocycles. The smallest absolute Gasteiger partial charge is 0.316 e. The summed E-state index contributed by atoms with van der Waals surface area (Å²) in [5, 5.41) is 3.54. The first kappa shape index (κ1) is 20.2. The van der Waals surface area contributed by atoms with E-state index in [-0.39, 0.29) is 0 Å². The third-order valence-corrected chi connectivity index (χ3v) is 3.89. The summed E-state index contributed by atoms with van der Waals surface area (Å²) in [6, 6.07) is 0. The molecule has 0 heterocycles. The Morgan fingerprint density at radius 3 is 2.25 bits per heavy atom. The summed E-state index contributed by atoms with van der Waals surface area (Å²) in [7, 11) is -4.67. The van der Waals surface area contributed by atoms with E-state index in [4.69, 9.17) is 17.5 Å². The summed E-state index contributed by atoms with van der Waals surface area (Å²) in [6.07, 6.45) is 10.1. The van der Waals surface area contributed by atoms with Crippen LogP contribution >= 0.6 is 12.6 Å². The average molecular weight is 328 g/mol. The van der Waals surface area contributed by atoms with Crippen LogP contribution in [0.25, 0.3) is 0 Å². The molecule has 122 valence electrons. The molecule has 1 aliphatic rings. The second-order valence-corrected chi connectivity index (χ2v) is 6.67. The van der Waals surface area contributed by atoms with Gasteiger partial charge in [-0.3, -0.25) is 9.11 Å². The number of hydrogen-bond donors (Lipinski definition) is 4. The molecule has 0 radical (unpaired) electrons. The van der Waals surface area contributed by atoms with Crippen molar-refractivity contribution in [2.45, 2.75) is 51.9 Å². The lowest BCUT2D eigenvalue weighted by Gasteiger charge is -2.30. The van der Waals surface area contributed by atoms with E-state index in [1.807, 2.05) is 0 Å². The molecule has 0 aromatic carbocycles. The van der Waals surface area contributed by atoms with E-state index >= 15 is 0 Å². The van der Waals surface area contributed by atoms with Crippen LogP contribution in [0, 0.1) is 11.8 Å². The maximum atomic E-state index is 8.74. The van der Waals surface area contributed by atoms with Gasteiger partial charge in [0.1, 0.15) is 0 Å². The van der Waals surface area contributed by atoms with Gasteiger partial charge in [-0.15, -0.1) is 0 Å². The van der Waals surface area contributed by atoms with Gasteiger partial charge in [0, 0.05) is 12.3 Å². The minimum absolute atomic E-state index is 0.926. The number of rotatable bonds is 7. The first-order chi connectivity index (χ1) is 9.38. The zero-order valence-electron chi connectivity index (χ0n) is 12.3. The monoisotopic (exact) mass is 327 g/mol. The van der Waals surface area contributed by atoms with Gasteiger partial charge in [-0.1, -0.05) is 45.4 Å². The summed E-state index contributed by atoms with van der Waals surface area (Å²) >= 11 is 4.24. The number of nitrogens with one attached hydrogen (secondary N) is 1. The predicted octanol–water partition coefficient (Wildman–Crippen LogP) is 2.85. The van der Waals surface area contributed by atoms with Gasteiger partial charge < -0.3 is 5.32 Å². The summed E-state index contributed by atoms with van der Waals surface area (Å²) in [5.41, 5.74) is 0. The summed E-state index contributed by atoms with van der Waals surface area (Å²) < 4.78 is 31.6. The molecule has 0 aromatic heterocycles. The topological polar surface area (TPSA) is 86.6 Å². The van der Waals surface area contributed by atoms with Gasteiger partial charge in [0.05, 0.1) is 0 Å². The lowest BCUT2D eigenvalue weighted by atomic mass is 9.78. The summed E-state index contributed by atoms with van der Waals surface area (Å²) in [4.78, 5) is 0. The van der Waals surface area contributed by atoms with Crippen molar-refractivity contribution < 1.29 is 17.5 Å². The van der Waals surface area contributed by atoms with Crippen molar-refractivity contribution in [3.8, 4) is 0 Å². The minimum Gasteiger partial charge on any atom is -0.316 e. The predicted molar refractivity (Wildman–Crippen MR) is 85.9 cm³/mol. The molecule has 1 unspecified atom stereocenters. The van der Waals surface area contributed by atoms with E-state index in [1.165, 1.54) is 51.5 Å². The molecule has 0 aliphatic heterocycles. The molecule has 0 aromatic rings. The van der Waals surface area contributed by atoms with E-state index < -0.39 is 10.4 Å². The van der Waals surface area contributed by atoms with Gasteiger partial charge in [-0.05, 0) is 24.8 Å².